The molecule has 0 spiro atoms. The molecular formula is C16H14Cl2N2S2Sn. The minimum absolute atomic E-state index is 0.373. The average molecular weight is 488 g/mol. The molecule has 0 bridgehead atoms. The molecule has 7 heteroatoms. The second-order valence-corrected chi connectivity index (χ2v) is 8.79. The Bertz CT molecular complexity index is 577. The number of isothiocyanates is 2. The van der Waals surface area contributed by atoms with Crippen molar-refractivity contribution in [3.05, 3.63) is 69.7 Å². The van der Waals surface area contributed by atoms with E-state index in [4.69, 9.17) is 34.0 Å². The van der Waals surface area contributed by atoms with Gasteiger partial charge in [-0.15, -0.1) is 0 Å². The number of halogens is 2. The van der Waals surface area contributed by atoms with Gasteiger partial charge >= 0.3 is 123 Å². The Morgan fingerprint density at radius 1 is 0.739 bits per heavy atom. The van der Waals surface area contributed by atoms with E-state index in [9.17, 15) is 0 Å². The second-order valence-electron chi connectivity index (χ2n) is 4.06. The first-order valence-electron chi connectivity index (χ1n) is 6.34. The maximum Gasteiger partial charge on any atom is 0.0554 e. The van der Waals surface area contributed by atoms with Gasteiger partial charge in [-0.2, -0.15) is 0 Å². The molecule has 0 heterocycles. The standard InChI is InChI=1S/2C7H6Cl.2CHNS.Sn/c2*1-6-2-4-7(8)5-3-6;2*2-1-3;/h2*2-5H,1H2;2*2H;. The molecule has 0 amide bonds. The number of rotatable bonds is 4. The molecule has 118 valence electrons. The van der Waals surface area contributed by atoms with Gasteiger partial charge in [-0.05, 0) is 24.4 Å². The summed E-state index contributed by atoms with van der Waals surface area (Å²) in [6.07, 6.45) is 0. The van der Waals surface area contributed by atoms with Gasteiger partial charge in [0, 0.05) is 0 Å². The van der Waals surface area contributed by atoms with Gasteiger partial charge in [-0.1, -0.05) is 0 Å². The first-order valence-corrected chi connectivity index (χ1v) is 12.0. The Balaban J connectivity index is 0.000000704. The Morgan fingerprint density at radius 3 is 1.26 bits per heavy atom. The summed E-state index contributed by atoms with van der Waals surface area (Å²) in [6, 6.07) is 16.4. The molecule has 2 aromatic carbocycles. The Labute approximate surface area is 167 Å². The summed E-state index contributed by atoms with van der Waals surface area (Å²) >= 11 is 19.0. The molecular weight excluding hydrogens is 474 g/mol. The number of thiocarbonyl (C=S) groups is 2. The van der Waals surface area contributed by atoms with Crippen LogP contribution in [0.2, 0.25) is 10.0 Å². The fourth-order valence-electron chi connectivity index (χ4n) is 1.56. The summed E-state index contributed by atoms with van der Waals surface area (Å²) in [5.41, 5.74) is 2.82. The SMILES string of the molecule is Clc1ccc([CH2][Sn][CH2]c2ccc(Cl)cc2)cc1.N=C=S.N=C=S. The van der Waals surface area contributed by atoms with Crippen LogP contribution in [0.5, 0.6) is 0 Å². The Hall–Kier alpha value is -0.581. The van der Waals surface area contributed by atoms with E-state index in [0.717, 1.165) is 10.0 Å². The van der Waals surface area contributed by atoms with E-state index in [1.54, 1.807) is 10.3 Å². The van der Waals surface area contributed by atoms with Crippen molar-refractivity contribution in [1.29, 1.82) is 10.8 Å². The first-order chi connectivity index (χ1) is 11.1. The number of nitrogens with one attached hydrogen (secondary N) is 2. The molecule has 0 aromatic heterocycles. The van der Waals surface area contributed by atoms with Gasteiger partial charge in [-0.25, -0.2) is 10.8 Å². The monoisotopic (exact) mass is 488 g/mol. The van der Waals surface area contributed by atoms with E-state index in [1.807, 2.05) is 24.3 Å². The van der Waals surface area contributed by atoms with E-state index in [-0.39, 0.29) is 21.1 Å². The zero-order chi connectivity index (χ0) is 17.5. The van der Waals surface area contributed by atoms with Gasteiger partial charge in [0.2, 0.25) is 0 Å². The maximum atomic E-state index is 5.86. The van der Waals surface area contributed by atoms with Crippen molar-refractivity contribution in [3.8, 4) is 0 Å². The van der Waals surface area contributed by atoms with Crippen molar-refractivity contribution in [2.45, 2.75) is 8.87 Å². The predicted octanol–water partition coefficient (Wildman–Crippen LogP) is 5.73. The van der Waals surface area contributed by atoms with E-state index >= 15 is 0 Å². The molecule has 0 aliphatic carbocycles. The van der Waals surface area contributed by atoms with Crippen LogP contribution in [0.3, 0.4) is 0 Å². The summed E-state index contributed by atoms with van der Waals surface area (Å²) in [7, 11) is 0. The third kappa shape index (κ3) is 12.5. The molecule has 0 aliphatic rings. The molecule has 0 aliphatic heterocycles. The third-order valence-corrected chi connectivity index (χ3v) is 6.75. The van der Waals surface area contributed by atoms with Crippen LogP contribution < -0.4 is 0 Å². The molecule has 2 nitrogen and oxygen atoms in total. The number of hydrogen-bond acceptors (Lipinski definition) is 4. The Kier molecular flexibility index (Phi) is 14.6. The molecule has 2 radical (unpaired) electrons. The van der Waals surface area contributed by atoms with Gasteiger partial charge in [0.05, 0.1) is 10.3 Å². The summed E-state index contributed by atoms with van der Waals surface area (Å²) in [4.78, 5) is 0. The second kappa shape index (κ2) is 15.0. The van der Waals surface area contributed by atoms with Crippen LogP contribution in [-0.4, -0.2) is 31.5 Å². The predicted molar refractivity (Wildman–Crippen MR) is 107 cm³/mol. The molecule has 2 aromatic rings. The largest absolute Gasteiger partial charge is 0.248 e. The fraction of sp³-hybridized carbons (Fsp3) is 0.125. The van der Waals surface area contributed by atoms with Crippen molar-refractivity contribution in [2.24, 2.45) is 0 Å². The van der Waals surface area contributed by atoms with Crippen molar-refractivity contribution in [3.63, 3.8) is 0 Å². The van der Waals surface area contributed by atoms with Crippen LogP contribution >= 0.6 is 47.6 Å². The van der Waals surface area contributed by atoms with E-state index in [2.05, 4.69) is 48.7 Å². The van der Waals surface area contributed by atoms with Crippen LogP contribution in [0.4, 0.5) is 0 Å². The average Bonchev–Trinajstić information content (AvgIpc) is 2.53. The van der Waals surface area contributed by atoms with Crippen molar-refractivity contribution in [2.75, 3.05) is 0 Å². The molecule has 23 heavy (non-hydrogen) atoms. The van der Waals surface area contributed by atoms with E-state index in [1.165, 1.54) is 20.0 Å². The fourth-order valence-corrected chi connectivity index (χ4v) is 5.16. The number of hydrogen-bond donors (Lipinski definition) is 2. The summed E-state index contributed by atoms with van der Waals surface area (Å²) in [5, 5.41) is 16.3. The van der Waals surface area contributed by atoms with Gasteiger partial charge in [0.15, 0.2) is 0 Å². The zero-order valence-electron chi connectivity index (χ0n) is 12.1. The molecule has 0 atom stereocenters. The smallest absolute Gasteiger partial charge is 0.0554 e. The van der Waals surface area contributed by atoms with Crippen LogP contribution in [0, 0.1) is 10.8 Å². The van der Waals surface area contributed by atoms with Crippen molar-refractivity contribution in [1.82, 2.24) is 0 Å². The summed E-state index contributed by atoms with van der Waals surface area (Å²) < 4.78 is 2.51. The molecule has 0 saturated heterocycles. The van der Waals surface area contributed by atoms with Crippen molar-refractivity contribution < 1.29 is 0 Å². The minimum atomic E-state index is -0.373. The maximum absolute atomic E-state index is 5.86. The van der Waals surface area contributed by atoms with Crippen LogP contribution in [-0.2, 0) is 8.87 Å². The van der Waals surface area contributed by atoms with Gasteiger partial charge in [-0.3, -0.25) is 0 Å². The summed E-state index contributed by atoms with van der Waals surface area (Å²) in [6.45, 7) is 0. The molecule has 2 rings (SSSR count). The van der Waals surface area contributed by atoms with Crippen LogP contribution in [0.15, 0.2) is 48.5 Å². The third-order valence-electron chi connectivity index (χ3n) is 2.48. The van der Waals surface area contributed by atoms with Crippen LogP contribution in [0.1, 0.15) is 11.1 Å². The molecule has 2 N–H and O–H groups in total. The van der Waals surface area contributed by atoms with Gasteiger partial charge in [0.25, 0.3) is 0 Å². The number of benzene rings is 2. The zero-order valence-corrected chi connectivity index (χ0v) is 18.1. The van der Waals surface area contributed by atoms with Gasteiger partial charge < -0.3 is 0 Å². The topological polar surface area (TPSA) is 47.7 Å². The quantitative estimate of drug-likeness (QED) is 0.328. The molecule has 0 unspecified atom stereocenters. The van der Waals surface area contributed by atoms with Crippen molar-refractivity contribution >= 4 is 79.1 Å². The summed E-state index contributed by atoms with van der Waals surface area (Å²) in [5.74, 6) is 0. The minimum Gasteiger partial charge on any atom is -0.248 e. The molecule has 0 fully saturated rings. The normalized spacial score (nSPS) is 8.43. The Morgan fingerprint density at radius 2 is 1.00 bits per heavy atom. The van der Waals surface area contributed by atoms with Gasteiger partial charge in [0.1, 0.15) is 0 Å². The first kappa shape index (κ1) is 22.4. The van der Waals surface area contributed by atoms with Crippen LogP contribution in [0.25, 0.3) is 0 Å². The van der Waals surface area contributed by atoms with E-state index in [0.29, 0.717) is 0 Å². The van der Waals surface area contributed by atoms with E-state index < -0.39 is 0 Å². The molecule has 0 saturated carbocycles.